The first-order valence-corrected chi connectivity index (χ1v) is 14.0. The van der Waals surface area contributed by atoms with Gasteiger partial charge in [-0.15, -0.1) is 11.3 Å². The van der Waals surface area contributed by atoms with E-state index in [1.807, 2.05) is 36.5 Å². The predicted molar refractivity (Wildman–Crippen MR) is 158 cm³/mol. The number of fused-ring (bicyclic) bond motifs is 2. The zero-order chi connectivity index (χ0) is 26.1. The molecule has 0 atom stereocenters. The van der Waals surface area contributed by atoms with E-state index in [-0.39, 0.29) is 0 Å². The SMILES string of the molecule is N#Cc1c(N=Cc2cn(Cc3ccc(Cl)cc3Cl)c3ccccc23)sc2c1CCN(Cc1ccccc1)C2. The van der Waals surface area contributed by atoms with E-state index >= 15 is 0 Å². The summed E-state index contributed by atoms with van der Waals surface area (Å²) in [6.45, 7) is 3.33. The number of rotatable bonds is 6. The Morgan fingerprint density at radius 2 is 1.82 bits per heavy atom. The highest BCUT2D eigenvalue weighted by atomic mass is 35.5. The van der Waals surface area contributed by atoms with Gasteiger partial charge in [0, 0.05) is 70.0 Å². The molecule has 0 spiro atoms. The lowest BCUT2D eigenvalue weighted by Gasteiger charge is -2.26. The maximum absolute atomic E-state index is 9.99. The van der Waals surface area contributed by atoms with Gasteiger partial charge in [0.1, 0.15) is 11.1 Å². The fourth-order valence-corrected chi connectivity index (χ4v) is 6.75. The van der Waals surface area contributed by atoms with Crippen LogP contribution in [0.1, 0.15) is 32.7 Å². The van der Waals surface area contributed by atoms with Gasteiger partial charge in [-0.05, 0) is 41.3 Å². The summed E-state index contributed by atoms with van der Waals surface area (Å²) in [5, 5.41) is 13.2. The van der Waals surface area contributed by atoms with E-state index in [4.69, 9.17) is 28.2 Å². The minimum Gasteiger partial charge on any atom is -0.342 e. The number of para-hydroxylation sites is 1. The van der Waals surface area contributed by atoms with Gasteiger partial charge in [-0.2, -0.15) is 5.26 Å². The molecule has 0 fully saturated rings. The number of nitrogens with zero attached hydrogens (tertiary/aromatic N) is 4. The van der Waals surface area contributed by atoms with Crippen molar-refractivity contribution in [1.82, 2.24) is 9.47 Å². The highest BCUT2D eigenvalue weighted by Gasteiger charge is 2.24. The van der Waals surface area contributed by atoms with Gasteiger partial charge in [0.15, 0.2) is 0 Å². The molecule has 0 aliphatic carbocycles. The second kappa shape index (κ2) is 10.8. The maximum Gasteiger partial charge on any atom is 0.134 e. The fourth-order valence-electron chi connectivity index (χ4n) is 5.10. The van der Waals surface area contributed by atoms with Crippen molar-refractivity contribution in [3.8, 4) is 6.07 Å². The first-order valence-electron chi connectivity index (χ1n) is 12.5. The lowest BCUT2D eigenvalue weighted by atomic mass is 10.0. The number of thiophene rings is 1. The van der Waals surface area contributed by atoms with Crippen molar-refractivity contribution in [1.29, 1.82) is 5.26 Å². The van der Waals surface area contributed by atoms with Crippen LogP contribution < -0.4 is 0 Å². The number of hydrogen-bond donors (Lipinski definition) is 0. The van der Waals surface area contributed by atoms with Crippen LogP contribution in [0, 0.1) is 11.3 Å². The Morgan fingerprint density at radius 3 is 2.63 bits per heavy atom. The van der Waals surface area contributed by atoms with Crippen LogP contribution in [0.4, 0.5) is 5.00 Å². The molecule has 3 aromatic carbocycles. The molecular weight excluding hydrogens is 531 g/mol. The molecule has 0 N–H and O–H groups in total. The van der Waals surface area contributed by atoms with Crippen LogP contribution >= 0.6 is 34.5 Å². The third-order valence-corrected chi connectivity index (χ3v) is 8.69. The molecule has 5 aromatic rings. The highest BCUT2D eigenvalue weighted by molar-refractivity contribution is 7.16. The molecule has 1 aliphatic heterocycles. The number of halogens is 2. The Morgan fingerprint density at radius 1 is 1.00 bits per heavy atom. The molecule has 0 unspecified atom stereocenters. The van der Waals surface area contributed by atoms with E-state index in [9.17, 15) is 5.26 Å². The lowest BCUT2D eigenvalue weighted by molar-refractivity contribution is 0.249. The van der Waals surface area contributed by atoms with E-state index in [1.54, 1.807) is 17.4 Å². The number of aliphatic imine (C=N–C) groups is 1. The van der Waals surface area contributed by atoms with Crippen LogP contribution in [0.25, 0.3) is 10.9 Å². The number of aromatic nitrogens is 1. The summed E-state index contributed by atoms with van der Waals surface area (Å²) in [5.41, 5.74) is 6.29. The normalized spacial score (nSPS) is 13.7. The number of nitriles is 1. The summed E-state index contributed by atoms with van der Waals surface area (Å²) in [6, 6.07) is 26.8. The van der Waals surface area contributed by atoms with Crippen molar-refractivity contribution in [2.75, 3.05) is 6.54 Å². The van der Waals surface area contributed by atoms with Crippen molar-refractivity contribution >= 4 is 56.7 Å². The molecule has 0 saturated carbocycles. The standard InChI is InChI=1S/C31H24Cl2N4S/c32-24-11-10-22(28(33)14-24)18-37-19-23(25-8-4-5-9-29(25)37)16-35-31-27(15-34)26-12-13-36(20-30(26)38-31)17-21-6-2-1-3-7-21/h1-11,14,16,19H,12-13,17-18,20H2. The molecular formula is C31H24Cl2N4S. The van der Waals surface area contributed by atoms with Crippen LogP contribution in [-0.2, 0) is 26.1 Å². The van der Waals surface area contributed by atoms with Crippen molar-refractivity contribution in [2.24, 2.45) is 4.99 Å². The molecule has 6 rings (SSSR count). The third kappa shape index (κ3) is 5.01. The van der Waals surface area contributed by atoms with Crippen molar-refractivity contribution in [3.63, 3.8) is 0 Å². The summed E-state index contributed by atoms with van der Waals surface area (Å²) < 4.78 is 2.18. The number of benzene rings is 3. The van der Waals surface area contributed by atoms with Crippen LogP contribution in [0.15, 0.2) is 84.0 Å². The molecule has 38 heavy (non-hydrogen) atoms. The van der Waals surface area contributed by atoms with Gasteiger partial charge in [-0.25, -0.2) is 4.99 Å². The molecule has 3 heterocycles. The molecule has 0 saturated heterocycles. The van der Waals surface area contributed by atoms with Crippen LogP contribution in [0.3, 0.4) is 0 Å². The van der Waals surface area contributed by atoms with Crippen LogP contribution in [0.5, 0.6) is 0 Å². The molecule has 0 bridgehead atoms. The van der Waals surface area contributed by atoms with Gasteiger partial charge >= 0.3 is 0 Å². The Balaban J connectivity index is 1.28. The summed E-state index contributed by atoms with van der Waals surface area (Å²) in [4.78, 5) is 8.55. The Kier molecular flexibility index (Phi) is 7.06. The minimum atomic E-state index is 0.623. The molecule has 7 heteroatoms. The van der Waals surface area contributed by atoms with Crippen molar-refractivity contribution in [3.05, 3.63) is 122 Å². The molecule has 2 aromatic heterocycles. The summed E-state index contributed by atoms with van der Waals surface area (Å²) in [7, 11) is 0. The monoisotopic (exact) mass is 554 g/mol. The van der Waals surface area contributed by atoms with Gasteiger partial charge < -0.3 is 4.57 Å². The molecule has 188 valence electrons. The van der Waals surface area contributed by atoms with E-state index in [0.717, 1.165) is 64.2 Å². The largest absolute Gasteiger partial charge is 0.342 e. The molecule has 0 amide bonds. The second-order valence-corrected chi connectivity index (χ2v) is 11.4. The zero-order valence-electron chi connectivity index (χ0n) is 20.6. The van der Waals surface area contributed by atoms with Crippen molar-refractivity contribution in [2.45, 2.75) is 26.1 Å². The van der Waals surface area contributed by atoms with Gasteiger partial charge in [0.05, 0.1) is 5.56 Å². The quantitative estimate of drug-likeness (QED) is 0.198. The average molecular weight is 556 g/mol. The van der Waals surface area contributed by atoms with E-state index in [1.165, 1.54) is 10.4 Å². The fraction of sp³-hybridized carbons (Fsp3) is 0.161. The highest BCUT2D eigenvalue weighted by Crippen LogP contribution is 2.39. The average Bonchev–Trinajstić information content (AvgIpc) is 3.46. The van der Waals surface area contributed by atoms with Gasteiger partial charge in [-0.1, -0.05) is 77.8 Å². The Hall–Kier alpha value is -3.40. The molecule has 1 aliphatic rings. The number of hydrogen-bond acceptors (Lipinski definition) is 4. The summed E-state index contributed by atoms with van der Waals surface area (Å²) >= 11 is 14.2. The van der Waals surface area contributed by atoms with E-state index < -0.39 is 0 Å². The minimum absolute atomic E-state index is 0.623. The second-order valence-electron chi connectivity index (χ2n) is 9.47. The summed E-state index contributed by atoms with van der Waals surface area (Å²) in [6.07, 6.45) is 4.86. The first-order chi connectivity index (χ1) is 18.6. The maximum atomic E-state index is 9.99. The molecule has 4 nitrogen and oxygen atoms in total. The zero-order valence-corrected chi connectivity index (χ0v) is 22.9. The van der Waals surface area contributed by atoms with Crippen LogP contribution in [-0.4, -0.2) is 22.2 Å². The first kappa shape index (κ1) is 24.9. The van der Waals surface area contributed by atoms with Gasteiger partial charge in [0.25, 0.3) is 0 Å². The topological polar surface area (TPSA) is 44.3 Å². The molecule has 0 radical (unpaired) electrons. The lowest BCUT2D eigenvalue weighted by Crippen LogP contribution is -2.29. The Bertz CT molecular complexity index is 1690. The van der Waals surface area contributed by atoms with Gasteiger partial charge in [0.2, 0.25) is 0 Å². The third-order valence-electron chi connectivity index (χ3n) is 6.97. The Labute approximate surface area is 236 Å². The van der Waals surface area contributed by atoms with Gasteiger partial charge in [-0.3, -0.25) is 4.90 Å². The van der Waals surface area contributed by atoms with Crippen LogP contribution in [0.2, 0.25) is 10.0 Å². The predicted octanol–water partition coefficient (Wildman–Crippen LogP) is 8.24. The van der Waals surface area contributed by atoms with E-state index in [0.29, 0.717) is 16.6 Å². The smallest absolute Gasteiger partial charge is 0.134 e. The summed E-state index contributed by atoms with van der Waals surface area (Å²) in [5.74, 6) is 0. The van der Waals surface area contributed by atoms with Crippen molar-refractivity contribution < 1.29 is 0 Å². The van der Waals surface area contributed by atoms with E-state index in [2.05, 4.69) is 58.1 Å².